The summed E-state index contributed by atoms with van der Waals surface area (Å²) in [7, 11) is 2.07. The summed E-state index contributed by atoms with van der Waals surface area (Å²) in [5.74, 6) is 0. The Balaban J connectivity index is 2.74. The lowest BCUT2D eigenvalue weighted by Crippen LogP contribution is -2.25. The predicted molar refractivity (Wildman–Crippen MR) is 72.3 cm³/mol. The SMILES string of the molecule is CCN(CC)c1ccc(N(C)CCN)cc1. The summed E-state index contributed by atoms with van der Waals surface area (Å²) in [6, 6.07) is 8.66. The van der Waals surface area contributed by atoms with E-state index in [0.717, 1.165) is 19.6 Å². The van der Waals surface area contributed by atoms with Crippen LogP contribution in [0.5, 0.6) is 0 Å². The maximum absolute atomic E-state index is 5.54. The zero-order valence-electron chi connectivity index (χ0n) is 10.6. The molecule has 3 nitrogen and oxygen atoms in total. The molecule has 0 atom stereocenters. The number of nitrogens with zero attached hydrogens (tertiary/aromatic N) is 2. The Morgan fingerprint density at radius 2 is 1.50 bits per heavy atom. The monoisotopic (exact) mass is 221 g/mol. The molecular weight excluding hydrogens is 198 g/mol. The van der Waals surface area contributed by atoms with Crippen molar-refractivity contribution in [2.75, 3.05) is 43.0 Å². The third-order valence-corrected chi connectivity index (χ3v) is 2.88. The van der Waals surface area contributed by atoms with E-state index in [1.807, 2.05) is 0 Å². The minimum atomic E-state index is 0.689. The van der Waals surface area contributed by atoms with Gasteiger partial charge in [-0.05, 0) is 38.1 Å². The zero-order valence-corrected chi connectivity index (χ0v) is 10.6. The Bertz CT molecular complexity index is 291. The second-order valence-electron chi connectivity index (χ2n) is 3.90. The molecule has 0 unspecified atom stereocenters. The van der Waals surface area contributed by atoms with Crippen molar-refractivity contribution in [3.8, 4) is 0 Å². The minimum absolute atomic E-state index is 0.689. The van der Waals surface area contributed by atoms with Crippen molar-refractivity contribution in [2.24, 2.45) is 5.73 Å². The summed E-state index contributed by atoms with van der Waals surface area (Å²) < 4.78 is 0. The molecule has 1 rings (SSSR count). The number of anilines is 2. The topological polar surface area (TPSA) is 32.5 Å². The number of benzene rings is 1. The Morgan fingerprint density at radius 3 is 1.94 bits per heavy atom. The smallest absolute Gasteiger partial charge is 0.0367 e. The number of hydrogen-bond donors (Lipinski definition) is 1. The maximum atomic E-state index is 5.54. The van der Waals surface area contributed by atoms with Crippen LogP contribution in [0.3, 0.4) is 0 Å². The molecule has 0 amide bonds. The molecule has 0 saturated carbocycles. The highest BCUT2D eigenvalue weighted by molar-refractivity contribution is 5.56. The fraction of sp³-hybridized carbons (Fsp3) is 0.538. The van der Waals surface area contributed by atoms with Gasteiger partial charge in [0, 0.05) is 44.6 Å². The lowest BCUT2D eigenvalue weighted by atomic mass is 10.2. The van der Waals surface area contributed by atoms with Crippen LogP contribution in [0.25, 0.3) is 0 Å². The number of hydrogen-bond acceptors (Lipinski definition) is 3. The molecule has 0 aliphatic carbocycles. The van der Waals surface area contributed by atoms with Gasteiger partial charge in [-0.15, -0.1) is 0 Å². The van der Waals surface area contributed by atoms with Crippen LogP contribution >= 0.6 is 0 Å². The average molecular weight is 221 g/mol. The fourth-order valence-corrected chi connectivity index (χ4v) is 1.83. The van der Waals surface area contributed by atoms with Gasteiger partial charge in [0.25, 0.3) is 0 Å². The molecule has 0 fully saturated rings. The molecule has 3 heteroatoms. The van der Waals surface area contributed by atoms with Crippen LogP contribution < -0.4 is 15.5 Å². The molecule has 0 spiro atoms. The van der Waals surface area contributed by atoms with Crippen LogP contribution in [0.4, 0.5) is 11.4 Å². The second kappa shape index (κ2) is 6.38. The molecule has 2 N–H and O–H groups in total. The van der Waals surface area contributed by atoms with E-state index in [-0.39, 0.29) is 0 Å². The first-order valence-electron chi connectivity index (χ1n) is 5.99. The molecule has 0 radical (unpaired) electrons. The summed E-state index contributed by atoms with van der Waals surface area (Å²) in [5, 5.41) is 0. The van der Waals surface area contributed by atoms with Gasteiger partial charge in [0.15, 0.2) is 0 Å². The summed E-state index contributed by atoms with van der Waals surface area (Å²) in [4.78, 5) is 4.51. The van der Waals surface area contributed by atoms with Gasteiger partial charge < -0.3 is 15.5 Å². The maximum Gasteiger partial charge on any atom is 0.0367 e. The molecule has 16 heavy (non-hydrogen) atoms. The molecule has 0 aliphatic heterocycles. The van der Waals surface area contributed by atoms with Crippen molar-refractivity contribution < 1.29 is 0 Å². The van der Waals surface area contributed by atoms with E-state index in [4.69, 9.17) is 5.73 Å². The van der Waals surface area contributed by atoms with Crippen LogP contribution in [-0.2, 0) is 0 Å². The van der Waals surface area contributed by atoms with Gasteiger partial charge in [0.05, 0.1) is 0 Å². The van der Waals surface area contributed by atoms with Gasteiger partial charge in [-0.3, -0.25) is 0 Å². The Hall–Kier alpha value is -1.22. The van der Waals surface area contributed by atoms with Gasteiger partial charge in [-0.1, -0.05) is 0 Å². The molecule has 0 aromatic heterocycles. The molecule has 0 bridgehead atoms. The van der Waals surface area contributed by atoms with E-state index >= 15 is 0 Å². The summed E-state index contributed by atoms with van der Waals surface area (Å²) in [6.45, 7) is 8.04. The van der Waals surface area contributed by atoms with Crippen molar-refractivity contribution in [3.63, 3.8) is 0 Å². The molecule has 90 valence electrons. The number of likely N-dealkylation sites (N-methyl/N-ethyl adjacent to an activating group) is 1. The van der Waals surface area contributed by atoms with E-state index in [2.05, 4.69) is 55.0 Å². The summed E-state index contributed by atoms with van der Waals surface area (Å²) >= 11 is 0. The summed E-state index contributed by atoms with van der Waals surface area (Å²) in [5.41, 5.74) is 8.05. The Kier molecular flexibility index (Phi) is 5.12. The van der Waals surface area contributed by atoms with Crippen LogP contribution in [0.1, 0.15) is 13.8 Å². The van der Waals surface area contributed by atoms with Crippen molar-refractivity contribution >= 4 is 11.4 Å². The minimum Gasteiger partial charge on any atom is -0.373 e. The van der Waals surface area contributed by atoms with Crippen molar-refractivity contribution in [3.05, 3.63) is 24.3 Å². The number of rotatable bonds is 6. The van der Waals surface area contributed by atoms with Gasteiger partial charge in [0.1, 0.15) is 0 Å². The van der Waals surface area contributed by atoms with E-state index in [1.54, 1.807) is 0 Å². The molecule has 1 aromatic carbocycles. The standard InChI is InChI=1S/C13H23N3/c1-4-16(5-2)13-8-6-12(7-9-13)15(3)11-10-14/h6-9H,4-5,10-11,14H2,1-3H3. The molecule has 0 saturated heterocycles. The van der Waals surface area contributed by atoms with Gasteiger partial charge >= 0.3 is 0 Å². The zero-order chi connectivity index (χ0) is 12.0. The highest BCUT2D eigenvalue weighted by atomic mass is 15.1. The highest BCUT2D eigenvalue weighted by Gasteiger charge is 2.03. The Morgan fingerprint density at radius 1 is 1.00 bits per heavy atom. The predicted octanol–water partition coefficient (Wildman–Crippen LogP) is 1.93. The van der Waals surface area contributed by atoms with Crippen molar-refractivity contribution in [2.45, 2.75) is 13.8 Å². The van der Waals surface area contributed by atoms with E-state index in [1.165, 1.54) is 11.4 Å². The van der Waals surface area contributed by atoms with E-state index in [0.29, 0.717) is 6.54 Å². The highest BCUT2D eigenvalue weighted by Crippen LogP contribution is 2.19. The lowest BCUT2D eigenvalue weighted by molar-refractivity contribution is 0.863. The molecule has 1 aromatic rings. The van der Waals surface area contributed by atoms with Crippen LogP contribution in [0, 0.1) is 0 Å². The molecular formula is C13H23N3. The van der Waals surface area contributed by atoms with Gasteiger partial charge in [0.2, 0.25) is 0 Å². The largest absolute Gasteiger partial charge is 0.373 e. The number of nitrogens with two attached hydrogens (primary N) is 1. The quantitative estimate of drug-likeness (QED) is 0.796. The van der Waals surface area contributed by atoms with E-state index in [9.17, 15) is 0 Å². The van der Waals surface area contributed by atoms with Crippen LogP contribution in [0.15, 0.2) is 24.3 Å². The van der Waals surface area contributed by atoms with Gasteiger partial charge in [-0.25, -0.2) is 0 Å². The Labute approximate surface area is 98.8 Å². The first kappa shape index (κ1) is 12.8. The lowest BCUT2D eigenvalue weighted by Gasteiger charge is -2.23. The van der Waals surface area contributed by atoms with Crippen LogP contribution in [0.2, 0.25) is 0 Å². The van der Waals surface area contributed by atoms with Crippen molar-refractivity contribution in [1.82, 2.24) is 0 Å². The third-order valence-electron chi connectivity index (χ3n) is 2.88. The molecule has 0 aliphatic rings. The van der Waals surface area contributed by atoms with E-state index < -0.39 is 0 Å². The average Bonchev–Trinajstić information content (AvgIpc) is 2.32. The first-order valence-corrected chi connectivity index (χ1v) is 5.99. The normalized spacial score (nSPS) is 10.2. The van der Waals surface area contributed by atoms with Crippen molar-refractivity contribution in [1.29, 1.82) is 0 Å². The fourth-order valence-electron chi connectivity index (χ4n) is 1.83. The summed E-state index contributed by atoms with van der Waals surface area (Å²) in [6.07, 6.45) is 0. The molecule has 0 heterocycles. The first-order chi connectivity index (χ1) is 7.72. The van der Waals surface area contributed by atoms with Gasteiger partial charge in [-0.2, -0.15) is 0 Å². The van der Waals surface area contributed by atoms with Crippen LogP contribution in [-0.4, -0.2) is 33.2 Å². The third kappa shape index (κ3) is 3.14. The second-order valence-corrected chi connectivity index (χ2v) is 3.90.